The fourth-order valence-corrected chi connectivity index (χ4v) is 3.02. The highest BCUT2D eigenvalue weighted by atomic mass is 16.5. The molecule has 0 bridgehead atoms. The minimum atomic E-state index is -0.151. The first-order valence-electron chi connectivity index (χ1n) is 7.21. The van der Waals surface area contributed by atoms with Gasteiger partial charge in [0.05, 0.1) is 27.5 Å². The molecule has 0 unspecified atom stereocenters. The first-order valence-corrected chi connectivity index (χ1v) is 7.21. The van der Waals surface area contributed by atoms with Crippen LogP contribution >= 0.6 is 0 Å². The molecule has 7 heteroatoms. The zero-order valence-electron chi connectivity index (χ0n) is 13.5. The van der Waals surface area contributed by atoms with E-state index in [0.717, 1.165) is 11.1 Å². The summed E-state index contributed by atoms with van der Waals surface area (Å²) in [7, 11) is 6.51. The summed E-state index contributed by atoms with van der Waals surface area (Å²) in [6, 6.07) is 3.72. The standard InChI is InChI=1S/C16H19N3O4/c1-19-16-11(8-17-19)10(7-13(20)18-16)9-5-6-12(21-2)15(23-4)14(9)22-3/h5-6,8,10H,7H2,1-4H3,(H,18,20)/t10-/m1/s1. The highest BCUT2D eigenvalue weighted by Gasteiger charge is 2.32. The van der Waals surface area contributed by atoms with Crippen LogP contribution in [0, 0.1) is 0 Å². The minimum Gasteiger partial charge on any atom is -0.493 e. The first-order chi connectivity index (χ1) is 11.1. The van der Waals surface area contributed by atoms with Crippen LogP contribution in [0.4, 0.5) is 5.82 Å². The molecule has 7 nitrogen and oxygen atoms in total. The highest BCUT2D eigenvalue weighted by molar-refractivity contribution is 5.94. The van der Waals surface area contributed by atoms with Gasteiger partial charge in [0, 0.05) is 30.5 Å². The summed E-state index contributed by atoms with van der Waals surface area (Å²) in [6.07, 6.45) is 2.10. The van der Waals surface area contributed by atoms with Crippen molar-refractivity contribution in [3.8, 4) is 17.2 Å². The molecule has 1 aliphatic heterocycles. The molecule has 2 heterocycles. The number of carbonyl (C=O) groups is 1. The monoisotopic (exact) mass is 317 g/mol. The van der Waals surface area contributed by atoms with Crippen LogP contribution in [0.2, 0.25) is 0 Å². The normalized spacial score (nSPS) is 16.5. The van der Waals surface area contributed by atoms with Crippen LogP contribution in [0.3, 0.4) is 0 Å². The Balaban J connectivity index is 2.17. The van der Waals surface area contributed by atoms with Gasteiger partial charge in [-0.1, -0.05) is 6.07 Å². The molecule has 0 radical (unpaired) electrons. The van der Waals surface area contributed by atoms with Gasteiger partial charge < -0.3 is 19.5 Å². The molecule has 2 aromatic rings. The zero-order chi connectivity index (χ0) is 16.6. The van der Waals surface area contributed by atoms with Crippen molar-refractivity contribution in [3.63, 3.8) is 0 Å². The number of hydrogen-bond acceptors (Lipinski definition) is 5. The van der Waals surface area contributed by atoms with Gasteiger partial charge in [-0.25, -0.2) is 0 Å². The Hall–Kier alpha value is -2.70. The molecule has 1 atom stereocenters. The van der Waals surface area contributed by atoms with Crippen molar-refractivity contribution >= 4 is 11.7 Å². The Kier molecular flexibility index (Phi) is 3.85. The van der Waals surface area contributed by atoms with Crippen LogP contribution in [0.25, 0.3) is 0 Å². The summed E-state index contributed by atoms with van der Waals surface area (Å²) in [5.74, 6) is 2.18. The second-order valence-electron chi connectivity index (χ2n) is 5.30. The fraction of sp³-hybridized carbons (Fsp3) is 0.375. The number of aryl methyl sites for hydroxylation is 1. The van der Waals surface area contributed by atoms with Crippen LogP contribution in [-0.4, -0.2) is 37.0 Å². The maximum atomic E-state index is 12.1. The SMILES string of the molecule is COc1ccc([C@H]2CC(=O)Nc3c2cnn3C)c(OC)c1OC. The lowest BCUT2D eigenvalue weighted by Gasteiger charge is -2.25. The van der Waals surface area contributed by atoms with Crippen molar-refractivity contribution in [2.45, 2.75) is 12.3 Å². The van der Waals surface area contributed by atoms with Gasteiger partial charge >= 0.3 is 0 Å². The lowest BCUT2D eigenvalue weighted by molar-refractivity contribution is -0.116. The van der Waals surface area contributed by atoms with Crippen LogP contribution < -0.4 is 19.5 Å². The van der Waals surface area contributed by atoms with E-state index < -0.39 is 0 Å². The molecule has 0 saturated carbocycles. The number of carbonyl (C=O) groups excluding carboxylic acids is 1. The second-order valence-corrected chi connectivity index (χ2v) is 5.30. The number of aromatic nitrogens is 2. The van der Waals surface area contributed by atoms with E-state index in [1.807, 2.05) is 12.1 Å². The lowest BCUT2D eigenvalue weighted by atomic mass is 9.86. The molecule has 1 aliphatic rings. The van der Waals surface area contributed by atoms with E-state index >= 15 is 0 Å². The predicted octanol–water partition coefficient (Wildman–Crippen LogP) is 1.92. The minimum absolute atomic E-state index is 0.0528. The molecule has 1 amide bonds. The van der Waals surface area contributed by atoms with Gasteiger partial charge in [-0.15, -0.1) is 0 Å². The largest absolute Gasteiger partial charge is 0.493 e. The van der Waals surface area contributed by atoms with Crippen LogP contribution in [-0.2, 0) is 11.8 Å². The Morgan fingerprint density at radius 2 is 1.87 bits per heavy atom. The van der Waals surface area contributed by atoms with E-state index in [4.69, 9.17) is 14.2 Å². The van der Waals surface area contributed by atoms with Crippen LogP contribution in [0.1, 0.15) is 23.5 Å². The first kappa shape index (κ1) is 15.2. The van der Waals surface area contributed by atoms with Gasteiger partial charge in [-0.3, -0.25) is 9.48 Å². The molecule has 1 N–H and O–H groups in total. The highest BCUT2D eigenvalue weighted by Crippen LogP contribution is 2.47. The van der Waals surface area contributed by atoms with E-state index in [2.05, 4.69) is 10.4 Å². The predicted molar refractivity (Wildman–Crippen MR) is 84.4 cm³/mol. The molecule has 1 aromatic heterocycles. The number of nitrogens with one attached hydrogen (secondary N) is 1. The van der Waals surface area contributed by atoms with Gasteiger partial charge in [0.15, 0.2) is 11.5 Å². The number of hydrogen-bond donors (Lipinski definition) is 1. The van der Waals surface area contributed by atoms with Gasteiger partial charge in [0.2, 0.25) is 11.7 Å². The molecule has 23 heavy (non-hydrogen) atoms. The molecule has 3 rings (SSSR count). The maximum absolute atomic E-state index is 12.1. The average molecular weight is 317 g/mol. The molecule has 122 valence electrons. The van der Waals surface area contributed by atoms with E-state index in [0.29, 0.717) is 29.5 Å². The zero-order valence-corrected chi connectivity index (χ0v) is 13.5. The fourth-order valence-electron chi connectivity index (χ4n) is 3.02. The molecular weight excluding hydrogens is 298 g/mol. The van der Waals surface area contributed by atoms with E-state index in [-0.39, 0.29) is 11.8 Å². The van der Waals surface area contributed by atoms with Crippen molar-refractivity contribution < 1.29 is 19.0 Å². The summed E-state index contributed by atoms with van der Waals surface area (Å²) in [5, 5.41) is 7.11. The Bertz CT molecular complexity index is 754. The van der Waals surface area contributed by atoms with Crippen LogP contribution in [0.5, 0.6) is 17.2 Å². The quantitative estimate of drug-likeness (QED) is 0.932. The number of rotatable bonds is 4. The number of nitrogens with zero attached hydrogens (tertiary/aromatic N) is 2. The van der Waals surface area contributed by atoms with Crippen molar-refractivity contribution in [2.75, 3.05) is 26.6 Å². The van der Waals surface area contributed by atoms with Crippen molar-refractivity contribution in [3.05, 3.63) is 29.5 Å². The number of anilines is 1. The van der Waals surface area contributed by atoms with Gasteiger partial charge in [0.1, 0.15) is 5.82 Å². The number of benzene rings is 1. The number of methoxy groups -OCH3 is 3. The maximum Gasteiger partial charge on any atom is 0.226 e. The molecule has 0 fully saturated rings. The summed E-state index contributed by atoms with van der Waals surface area (Å²) in [4.78, 5) is 12.1. The van der Waals surface area contributed by atoms with Crippen molar-refractivity contribution in [1.29, 1.82) is 0 Å². The van der Waals surface area contributed by atoms with Crippen LogP contribution in [0.15, 0.2) is 18.3 Å². The molecule has 0 spiro atoms. The van der Waals surface area contributed by atoms with E-state index in [1.54, 1.807) is 39.3 Å². The third kappa shape index (κ3) is 2.38. The second kappa shape index (κ2) is 5.83. The van der Waals surface area contributed by atoms with Gasteiger partial charge in [-0.05, 0) is 6.07 Å². The third-order valence-corrected chi connectivity index (χ3v) is 4.10. The van der Waals surface area contributed by atoms with Gasteiger partial charge in [0.25, 0.3) is 0 Å². The average Bonchev–Trinajstić information content (AvgIpc) is 2.93. The number of ether oxygens (including phenoxy) is 3. The summed E-state index contributed by atoms with van der Waals surface area (Å²) in [6.45, 7) is 0. The number of fused-ring (bicyclic) bond motifs is 1. The lowest BCUT2D eigenvalue weighted by Crippen LogP contribution is -2.24. The summed E-state index contributed by atoms with van der Waals surface area (Å²) in [5.41, 5.74) is 1.83. The topological polar surface area (TPSA) is 74.6 Å². The molecule has 0 aliphatic carbocycles. The Morgan fingerprint density at radius 1 is 1.13 bits per heavy atom. The number of amides is 1. The van der Waals surface area contributed by atoms with E-state index in [1.165, 1.54) is 0 Å². The van der Waals surface area contributed by atoms with Gasteiger partial charge in [-0.2, -0.15) is 5.10 Å². The molecular formula is C16H19N3O4. The molecule has 0 saturated heterocycles. The van der Waals surface area contributed by atoms with E-state index in [9.17, 15) is 4.79 Å². The van der Waals surface area contributed by atoms with Crippen molar-refractivity contribution in [2.24, 2.45) is 7.05 Å². The summed E-state index contributed by atoms with van der Waals surface area (Å²) < 4.78 is 18.0. The third-order valence-electron chi connectivity index (χ3n) is 4.10. The smallest absolute Gasteiger partial charge is 0.226 e. The Morgan fingerprint density at radius 3 is 2.52 bits per heavy atom. The van der Waals surface area contributed by atoms with Crippen molar-refractivity contribution in [1.82, 2.24) is 9.78 Å². The Labute approximate surface area is 134 Å². The summed E-state index contributed by atoms with van der Waals surface area (Å²) >= 11 is 0. The molecule has 1 aromatic carbocycles.